The molecule has 6 N–H and O–H groups in total. The Morgan fingerprint density at radius 1 is 0.484 bits per heavy atom. The Labute approximate surface area is 544 Å². The molecule has 0 spiro atoms. The quantitative estimate of drug-likeness (QED) is 0.0689. The molecule has 29 heteroatoms. The number of carbonyl (C=O) groups excluding carboxylic acids is 4. The lowest BCUT2D eigenvalue weighted by Gasteiger charge is -2.30. The number of benzene rings is 3. The van der Waals surface area contributed by atoms with Crippen LogP contribution in [0.2, 0.25) is 0 Å². The molecule has 512 valence electrons. The molecular formula is C66H80N6O23. The number of aliphatic carboxylic acids is 2. The van der Waals surface area contributed by atoms with Crippen LogP contribution >= 0.6 is 0 Å². The van der Waals surface area contributed by atoms with E-state index in [1.807, 2.05) is 35.5 Å². The van der Waals surface area contributed by atoms with Crippen molar-refractivity contribution in [2.75, 3.05) is 135 Å². The summed E-state index contributed by atoms with van der Waals surface area (Å²) in [6.07, 6.45) is 0.412. The Hall–Kier alpha value is -8.97. The van der Waals surface area contributed by atoms with Crippen molar-refractivity contribution < 1.29 is 95.6 Å². The normalized spacial score (nSPS) is 19.5. The number of methoxy groups -OCH3 is 3. The Balaban J connectivity index is 0.000000157. The van der Waals surface area contributed by atoms with Gasteiger partial charge in [-0.1, -0.05) is 0 Å². The standard InChI is InChI=1S/C24H30N2O7.2C19H22N2O5.C4H6O6/c1-24(2,3)33-23(29)26-7-5-6-18(26)16-12-15(22(28)30-4)13-17-19(27)14-20(32-21(16)17)25-8-10-31-11-9-25;2*1-24-19(23)12-9-13(15-3-2-4-20-15)18-14(10-12)16(22)11-17(26-18)21-5-7-25-8-6-21;5-1(3(7)8)2(6)4(9)10/h12-14,18H,5-11H2,1-4H3;2*9-11,15,20H,2-8H2,1H3;1-2,5-6H,(H,7,8)(H,9,10)/t;;;1-,2-/m...0/s1. The fourth-order valence-electron chi connectivity index (χ4n) is 11.9. The van der Waals surface area contributed by atoms with E-state index in [1.54, 1.807) is 35.2 Å². The van der Waals surface area contributed by atoms with Gasteiger partial charge in [0.05, 0.1) is 99.9 Å². The number of carboxylic acids is 2. The number of nitrogens with zero attached hydrogens (tertiary/aromatic N) is 4. The van der Waals surface area contributed by atoms with Gasteiger partial charge in [0.2, 0.25) is 0 Å². The van der Waals surface area contributed by atoms with Gasteiger partial charge in [-0.15, -0.1) is 0 Å². The van der Waals surface area contributed by atoms with Crippen LogP contribution in [0.4, 0.5) is 22.4 Å². The van der Waals surface area contributed by atoms with Crippen molar-refractivity contribution in [3.63, 3.8) is 0 Å². The van der Waals surface area contributed by atoms with E-state index in [0.717, 1.165) is 56.3 Å². The average molecular weight is 1330 g/mol. The van der Waals surface area contributed by atoms with E-state index >= 15 is 0 Å². The van der Waals surface area contributed by atoms with Crippen molar-refractivity contribution in [1.82, 2.24) is 15.5 Å². The number of carbonyl (C=O) groups is 6. The number of anilines is 3. The first kappa shape index (κ1) is 70.3. The van der Waals surface area contributed by atoms with Gasteiger partial charge in [0.15, 0.2) is 46.1 Å². The van der Waals surface area contributed by atoms with Crippen molar-refractivity contribution in [2.45, 2.75) is 95.2 Å². The summed E-state index contributed by atoms with van der Waals surface area (Å²) in [6.45, 7) is 15.3. The Morgan fingerprint density at radius 2 is 0.821 bits per heavy atom. The Bertz CT molecular complexity index is 3800. The maximum absolute atomic E-state index is 13.1. The molecule has 1 amide bonds. The number of esters is 3. The van der Waals surface area contributed by atoms with Crippen molar-refractivity contribution in [2.24, 2.45) is 0 Å². The second kappa shape index (κ2) is 31.5. The van der Waals surface area contributed by atoms with E-state index in [1.165, 1.54) is 45.6 Å². The highest BCUT2D eigenvalue weighted by molar-refractivity contribution is 5.98. The summed E-state index contributed by atoms with van der Waals surface area (Å²) in [5.41, 5.74) is 3.52. The molecule has 6 fully saturated rings. The van der Waals surface area contributed by atoms with Gasteiger partial charge in [-0.25, -0.2) is 28.8 Å². The highest BCUT2D eigenvalue weighted by Crippen LogP contribution is 2.39. The van der Waals surface area contributed by atoms with Gasteiger partial charge >= 0.3 is 35.9 Å². The van der Waals surface area contributed by atoms with Gasteiger partial charge in [-0.3, -0.25) is 14.4 Å². The van der Waals surface area contributed by atoms with Gasteiger partial charge in [0.25, 0.3) is 0 Å². The number of amides is 1. The molecule has 0 radical (unpaired) electrons. The molecule has 6 aliphatic rings. The van der Waals surface area contributed by atoms with E-state index in [9.17, 15) is 43.2 Å². The average Bonchev–Trinajstić information content (AvgIpc) is 1.67. The number of likely N-dealkylation sites (tertiary alicyclic amines) is 1. The van der Waals surface area contributed by atoms with Gasteiger partial charge in [0, 0.05) is 92.8 Å². The molecule has 0 bridgehead atoms. The fourth-order valence-corrected chi connectivity index (χ4v) is 11.9. The second-order valence-corrected chi connectivity index (χ2v) is 24.1. The minimum Gasteiger partial charge on any atom is -0.479 e. The van der Waals surface area contributed by atoms with E-state index in [-0.39, 0.29) is 39.3 Å². The summed E-state index contributed by atoms with van der Waals surface area (Å²) >= 11 is 0. The summed E-state index contributed by atoms with van der Waals surface area (Å²) in [6, 6.07) is 14.0. The smallest absolute Gasteiger partial charge is 0.410 e. The van der Waals surface area contributed by atoms with Crippen LogP contribution in [0.5, 0.6) is 0 Å². The predicted octanol–water partition coefficient (Wildman–Crippen LogP) is 5.05. The molecule has 6 aliphatic heterocycles. The lowest BCUT2D eigenvalue weighted by molar-refractivity contribution is -0.165. The molecule has 6 aromatic rings. The summed E-state index contributed by atoms with van der Waals surface area (Å²) in [5.74, 6) is -3.46. The summed E-state index contributed by atoms with van der Waals surface area (Å²) < 4.78 is 55.0. The molecule has 95 heavy (non-hydrogen) atoms. The molecule has 0 aliphatic carbocycles. The highest BCUT2D eigenvalue weighted by atomic mass is 16.6. The van der Waals surface area contributed by atoms with Crippen LogP contribution in [-0.4, -0.2) is 199 Å². The van der Waals surface area contributed by atoms with Crippen LogP contribution < -0.4 is 41.6 Å². The van der Waals surface area contributed by atoms with Crippen LogP contribution in [0.3, 0.4) is 0 Å². The molecule has 6 saturated heterocycles. The number of ether oxygens (including phenoxy) is 7. The van der Waals surface area contributed by atoms with Gasteiger partial charge < -0.3 is 97.1 Å². The van der Waals surface area contributed by atoms with Crippen molar-refractivity contribution in [3.05, 3.63) is 119 Å². The number of fused-ring (bicyclic) bond motifs is 3. The van der Waals surface area contributed by atoms with E-state index < -0.39 is 59.8 Å². The molecule has 3 aromatic carbocycles. The lowest BCUT2D eigenvalue weighted by atomic mass is 9.98. The largest absolute Gasteiger partial charge is 0.479 e. The summed E-state index contributed by atoms with van der Waals surface area (Å²) in [4.78, 5) is 115. The number of aliphatic hydroxyl groups is 2. The van der Waals surface area contributed by atoms with E-state index in [4.69, 9.17) is 66.8 Å². The molecule has 12 rings (SSSR count). The van der Waals surface area contributed by atoms with Crippen LogP contribution in [0, 0.1) is 0 Å². The van der Waals surface area contributed by atoms with Crippen molar-refractivity contribution in [3.8, 4) is 0 Å². The number of morpholine rings is 3. The third kappa shape index (κ3) is 16.9. The Kier molecular flexibility index (Phi) is 23.3. The molecule has 29 nitrogen and oxygen atoms in total. The summed E-state index contributed by atoms with van der Waals surface area (Å²) in [5, 5.41) is 40.5. The monoisotopic (exact) mass is 1320 g/mol. The third-order valence-electron chi connectivity index (χ3n) is 16.7. The summed E-state index contributed by atoms with van der Waals surface area (Å²) in [7, 11) is 3.97. The molecule has 9 heterocycles. The fraction of sp³-hybridized carbons (Fsp3) is 0.500. The molecule has 0 saturated carbocycles. The number of rotatable bonds is 12. The topological polar surface area (TPSA) is 376 Å². The van der Waals surface area contributed by atoms with Gasteiger partial charge in [-0.2, -0.15) is 0 Å². The van der Waals surface area contributed by atoms with Gasteiger partial charge in [-0.05, 0) is 109 Å². The number of carboxylic acid groups (broad SMARTS) is 2. The van der Waals surface area contributed by atoms with Crippen LogP contribution in [0.25, 0.3) is 32.9 Å². The van der Waals surface area contributed by atoms with Crippen LogP contribution in [0.1, 0.15) is 125 Å². The number of hydrogen-bond donors (Lipinski definition) is 6. The predicted molar refractivity (Wildman–Crippen MR) is 343 cm³/mol. The molecular weight excluding hydrogens is 1240 g/mol. The van der Waals surface area contributed by atoms with E-state index in [0.29, 0.717) is 154 Å². The Morgan fingerprint density at radius 3 is 1.13 bits per heavy atom. The van der Waals surface area contributed by atoms with Crippen LogP contribution in [-0.2, 0) is 42.7 Å². The first-order chi connectivity index (χ1) is 45.5. The van der Waals surface area contributed by atoms with E-state index in [2.05, 4.69) is 10.6 Å². The van der Waals surface area contributed by atoms with Gasteiger partial charge in [0.1, 0.15) is 22.4 Å². The zero-order chi connectivity index (χ0) is 68.3. The SMILES string of the molecule is COC(=O)c1cc(C2CCCN2)c2oc(N3CCOCC3)cc(=O)c2c1.COC(=O)c1cc(C2CCCN2)c2oc(N3CCOCC3)cc(=O)c2c1.COC(=O)c1cc(C2CCCN2C(=O)OC(C)(C)C)c2oc(N3CCOCC3)cc(=O)c2c1.O=C(O)[C@@H](O)[C@H](O)C(=O)O. The van der Waals surface area contributed by atoms with Crippen molar-refractivity contribution in [1.29, 1.82) is 0 Å². The maximum atomic E-state index is 13.1. The third-order valence-corrected chi connectivity index (χ3v) is 16.7. The molecule has 5 atom stereocenters. The second-order valence-electron chi connectivity index (χ2n) is 24.1. The zero-order valence-electron chi connectivity index (χ0n) is 53.8. The first-order valence-corrected chi connectivity index (χ1v) is 31.4. The first-order valence-electron chi connectivity index (χ1n) is 31.4. The van der Waals surface area contributed by atoms with Crippen LogP contribution in [0.15, 0.2) is 82.2 Å². The highest BCUT2D eigenvalue weighted by Gasteiger charge is 2.37. The molecule has 3 aromatic heterocycles. The number of nitrogens with one attached hydrogen (secondary N) is 2. The minimum atomic E-state index is -2.27. The minimum absolute atomic E-state index is 0.0604. The lowest BCUT2D eigenvalue weighted by Crippen LogP contribution is -2.39. The maximum Gasteiger partial charge on any atom is 0.410 e. The molecule has 3 unspecified atom stereocenters. The van der Waals surface area contributed by atoms with Crippen molar-refractivity contribution >= 4 is 86.5 Å². The number of aliphatic hydroxyl groups excluding tert-OH is 2. The number of hydrogen-bond acceptors (Lipinski definition) is 26. The zero-order valence-corrected chi connectivity index (χ0v) is 53.8.